The van der Waals surface area contributed by atoms with Crippen molar-refractivity contribution in [1.82, 2.24) is 0 Å². The predicted molar refractivity (Wildman–Crippen MR) is 93.0 cm³/mol. The zero-order valence-corrected chi connectivity index (χ0v) is 13.6. The van der Waals surface area contributed by atoms with Gasteiger partial charge in [-0.2, -0.15) is 11.3 Å². The minimum Gasteiger partial charge on any atom is -0.497 e. The van der Waals surface area contributed by atoms with E-state index in [0.29, 0.717) is 9.23 Å². The summed E-state index contributed by atoms with van der Waals surface area (Å²) in [6.45, 7) is 0. The van der Waals surface area contributed by atoms with Crippen molar-refractivity contribution in [2.24, 2.45) is 0 Å². The first kappa shape index (κ1) is 14.3. The third kappa shape index (κ3) is 2.88. The van der Waals surface area contributed by atoms with Crippen molar-refractivity contribution in [1.29, 1.82) is 0 Å². The van der Waals surface area contributed by atoms with E-state index in [9.17, 15) is 4.79 Å². The second kappa shape index (κ2) is 6.01. The molecule has 0 unspecified atom stereocenters. The third-order valence-electron chi connectivity index (χ3n) is 2.97. The number of nitrogens with zero attached hydrogens (tertiary/aromatic N) is 1. The molecular formula is C15H11NO2S3. The predicted octanol–water partition coefficient (Wildman–Crippen LogP) is 4.16. The summed E-state index contributed by atoms with van der Waals surface area (Å²) >= 11 is 8.26. The van der Waals surface area contributed by atoms with Gasteiger partial charge in [0.25, 0.3) is 5.91 Å². The van der Waals surface area contributed by atoms with E-state index in [2.05, 4.69) is 0 Å². The Hall–Kier alpha value is -1.63. The smallest absolute Gasteiger partial charge is 0.270 e. The zero-order chi connectivity index (χ0) is 14.8. The van der Waals surface area contributed by atoms with Crippen LogP contribution in [0.2, 0.25) is 0 Å². The lowest BCUT2D eigenvalue weighted by Crippen LogP contribution is -2.27. The van der Waals surface area contributed by atoms with Gasteiger partial charge in [-0.25, -0.2) is 0 Å². The molecule has 1 saturated heterocycles. The largest absolute Gasteiger partial charge is 0.497 e. The van der Waals surface area contributed by atoms with Gasteiger partial charge in [-0.15, -0.1) is 0 Å². The van der Waals surface area contributed by atoms with E-state index in [1.807, 2.05) is 47.2 Å². The Morgan fingerprint density at radius 1 is 1.24 bits per heavy atom. The minimum atomic E-state index is -0.0821. The van der Waals surface area contributed by atoms with Crippen LogP contribution < -0.4 is 9.64 Å². The van der Waals surface area contributed by atoms with Gasteiger partial charge in [0.1, 0.15) is 5.75 Å². The van der Waals surface area contributed by atoms with Gasteiger partial charge >= 0.3 is 0 Å². The molecule has 0 bridgehead atoms. The quantitative estimate of drug-likeness (QED) is 0.623. The number of thioether (sulfide) groups is 1. The Labute approximate surface area is 136 Å². The molecule has 1 aromatic heterocycles. The number of carbonyl (C=O) groups excluding carboxylic acids is 1. The van der Waals surface area contributed by atoms with Crippen molar-refractivity contribution < 1.29 is 9.53 Å². The van der Waals surface area contributed by atoms with Crippen LogP contribution in [0.4, 0.5) is 5.69 Å². The Balaban J connectivity index is 1.90. The van der Waals surface area contributed by atoms with Crippen molar-refractivity contribution in [2.75, 3.05) is 12.0 Å². The fourth-order valence-corrected chi connectivity index (χ4v) is 3.85. The van der Waals surface area contributed by atoms with Crippen molar-refractivity contribution >= 4 is 57.3 Å². The highest BCUT2D eigenvalue weighted by molar-refractivity contribution is 8.27. The number of thiocarbonyl (C=S) groups is 1. The molecule has 0 N–H and O–H groups in total. The van der Waals surface area contributed by atoms with E-state index in [4.69, 9.17) is 17.0 Å². The molecule has 0 saturated carbocycles. The van der Waals surface area contributed by atoms with Crippen LogP contribution in [0.5, 0.6) is 5.75 Å². The molecule has 2 aromatic rings. The Morgan fingerprint density at radius 3 is 2.62 bits per heavy atom. The van der Waals surface area contributed by atoms with Gasteiger partial charge in [0.15, 0.2) is 4.32 Å². The van der Waals surface area contributed by atoms with Crippen LogP contribution in [-0.4, -0.2) is 17.3 Å². The van der Waals surface area contributed by atoms with E-state index in [-0.39, 0.29) is 5.91 Å². The number of methoxy groups -OCH3 is 1. The molecule has 0 radical (unpaired) electrons. The van der Waals surface area contributed by atoms with Gasteiger partial charge < -0.3 is 4.74 Å². The number of anilines is 1. The Morgan fingerprint density at radius 2 is 2.00 bits per heavy atom. The van der Waals surface area contributed by atoms with Crippen LogP contribution in [0.1, 0.15) is 5.56 Å². The van der Waals surface area contributed by atoms with Crippen LogP contribution in [0.15, 0.2) is 46.0 Å². The first-order valence-corrected chi connectivity index (χ1v) is 8.30. The maximum absolute atomic E-state index is 12.5. The number of thiophene rings is 1. The van der Waals surface area contributed by atoms with E-state index in [0.717, 1.165) is 17.0 Å². The third-order valence-corrected chi connectivity index (χ3v) is 4.97. The second-order valence-corrected chi connectivity index (χ2v) is 6.73. The summed E-state index contributed by atoms with van der Waals surface area (Å²) in [5.41, 5.74) is 1.78. The SMILES string of the molecule is COc1ccc(N2C(=O)/C(=C\c3ccsc3)SC2=S)cc1. The molecule has 1 fully saturated rings. The number of hydrogen-bond acceptors (Lipinski definition) is 5. The summed E-state index contributed by atoms with van der Waals surface area (Å²) in [6.07, 6.45) is 1.87. The van der Waals surface area contributed by atoms with E-state index >= 15 is 0 Å². The van der Waals surface area contributed by atoms with Gasteiger partial charge in [-0.1, -0.05) is 24.0 Å². The summed E-state index contributed by atoms with van der Waals surface area (Å²) < 4.78 is 5.67. The number of benzene rings is 1. The van der Waals surface area contributed by atoms with Crippen molar-refractivity contribution in [3.63, 3.8) is 0 Å². The molecule has 0 atom stereocenters. The number of hydrogen-bond donors (Lipinski definition) is 0. The first-order chi connectivity index (χ1) is 10.2. The van der Waals surface area contributed by atoms with Crippen LogP contribution in [-0.2, 0) is 4.79 Å². The second-order valence-electron chi connectivity index (χ2n) is 4.27. The highest BCUT2D eigenvalue weighted by atomic mass is 32.2. The molecule has 106 valence electrons. The molecule has 3 rings (SSSR count). The van der Waals surface area contributed by atoms with E-state index in [1.54, 1.807) is 23.3 Å². The molecule has 2 heterocycles. The fourth-order valence-electron chi connectivity index (χ4n) is 1.93. The monoisotopic (exact) mass is 333 g/mol. The van der Waals surface area contributed by atoms with Crippen LogP contribution >= 0.6 is 35.3 Å². The lowest BCUT2D eigenvalue weighted by molar-refractivity contribution is -0.113. The van der Waals surface area contributed by atoms with Gasteiger partial charge in [0.2, 0.25) is 0 Å². The van der Waals surface area contributed by atoms with Gasteiger partial charge in [0.05, 0.1) is 17.7 Å². The highest BCUT2D eigenvalue weighted by Crippen LogP contribution is 2.36. The summed E-state index contributed by atoms with van der Waals surface area (Å²) in [6, 6.07) is 9.27. The number of rotatable bonds is 3. The maximum Gasteiger partial charge on any atom is 0.270 e. The molecule has 21 heavy (non-hydrogen) atoms. The van der Waals surface area contributed by atoms with Gasteiger partial charge in [-0.05, 0) is 52.7 Å². The summed E-state index contributed by atoms with van der Waals surface area (Å²) in [5, 5.41) is 3.98. The number of carbonyl (C=O) groups is 1. The molecule has 0 aliphatic carbocycles. The molecule has 1 amide bonds. The van der Waals surface area contributed by atoms with Crippen LogP contribution in [0, 0.1) is 0 Å². The first-order valence-electron chi connectivity index (χ1n) is 6.13. The average Bonchev–Trinajstić information content (AvgIpc) is 3.09. The zero-order valence-electron chi connectivity index (χ0n) is 11.1. The van der Waals surface area contributed by atoms with Crippen molar-refractivity contribution in [3.05, 3.63) is 51.6 Å². The molecule has 1 aromatic carbocycles. The molecular weight excluding hydrogens is 322 g/mol. The average molecular weight is 333 g/mol. The summed E-state index contributed by atoms with van der Waals surface area (Å²) in [5.74, 6) is 0.666. The van der Waals surface area contributed by atoms with Gasteiger partial charge in [0, 0.05) is 0 Å². The fraction of sp³-hybridized carbons (Fsp3) is 0.0667. The molecule has 6 heteroatoms. The minimum absolute atomic E-state index is 0.0821. The normalized spacial score (nSPS) is 16.8. The topological polar surface area (TPSA) is 29.5 Å². The standard InChI is InChI=1S/C15H11NO2S3/c1-18-12-4-2-11(3-5-12)16-14(17)13(21-15(16)19)8-10-6-7-20-9-10/h2-9H,1H3/b13-8+. The Kier molecular flexibility index (Phi) is 4.10. The lowest BCUT2D eigenvalue weighted by atomic mass is 10.2. The highest BCUT2D eigenvalue weighted by Gasteiger charge is 2.33. The molecule has 1 aliphatic heterocycles. The molecule has 0 spiro atoms. The van der Waals surface area contributed by atoms with E-state index < -0.39 is 0 Å². The number of amides is 1. The van der Waals surface area contributed by atoms with Crippen molar-refractivity contribution in [2.45, 2.75) is 0 Å². The van der Waals surface area contributed by atoms with Crippen LogP contribution in [0.3, 0.4) is 0 Å². The lowest BCUT2D eigenvalue weighted by Gasteiger charge is -2.14. The van der Waals surface area contributed by atoms with Crippen molar-refractivity contribution in [3.8, 4) is 5.75 Å². The summed E-state index contributed by atoms with van der Waals surface area (Å²) in [4.78, 5) is 14.7. The van der Waals surface area contributed by atoms with Crippen LogP contribution in [0.25, 0.3) is 6.08 Å². The molecule has 1 aliphatic rings. The maximum atomic E-state index is 12.5. The van der Waals surface area contributed by atoms with E-state index in [1.165, 1.54) is 11.8 Å². The van der Waals surface area contributed by atoms with Gasteiger partial charge in [-0.3, -0.25) is 9.69 Å². The summed E-state index contributed by atoms with van der Waals surface area (Å²) in [7, 11) is 1.61. The number of ether oxygens (including phenoxy) is 1. The Bertz CT molecular complexity index is 705. The molecule has 3 nitrogen and oxygen atoms in total.